The number of nitrogens with zero attached hydrogens (tertiary/aromatic N) is 1. The molecule has 1 saturated carbocycles. The minimum atomic E-state index is 0.618. The standard InChI is InChI=1S/C9H13NS/c1-5-6-4-7-8(9(5,6)2)11-10(7)3/h5-6H,4H2,1-3H3. The Bertz CT molecular complexity index is 322. The lowest BCUT2D eigenvalue weighted by molar-refractivity contribution is 0.696. The predicted octanol–water partition coefficient (Wildman–Crippen LogP) is 2.17. The van der Waals surface area contributed by atoms with Crippen LogP contribution in [0.5, 0.6) is 0 Å². The van der Waals surface area contributed by atoms with Gasteiger partial charge in [0, 0.05) is 23.0 Å². The third-order valence-corrected chi connectivity index (χ3v) is 5.34. The van der Waals surface area contributed by atoms with Crippen molar-refractivity contribution in [3.8, 4) is 0 Å². The van der Waals surface area contributed by atoms with Gasteiger partial charge in [0.25, 0.3) is 0 Å². The van der Waals surface area contributed by atoms with Gasteiger partial charge in [0.1, 0.15) is 0 Å². The van der Waals surface area contributed by atoms with Crippen molar-refractivity contribution in [1.82, 2.24) is 3.96 Å². The second-order valence-corrected chi connectivity index (χ2v) is 5.39. The Morgan fingerprint density at radius 2 is 2.36 bits per heavy atom. The molecular weight excluding hydrogens is 154 g/mol. The van der Waals surface area contributed by atoms with Crippen LogP contribution in [0.25, 0.3) is 0 Å². The molecular formula is C9H13NS. The number of aryl methyl sites for hydroxylation is 1. The van der Waals surface area contributed by atoms with Gasteiger partial charge in [0.05, 0.1) is 0 Å². The van der Waals surface area contributed by atoms with Crippen molar-refractivity contribution < 1.29 is 0 Å². The zero-order valence-electron chi connectivity index (χ0n) is 7.22. The van der Waals surface area contributed by atoms with E-state index in [4.69, 9.17) is 0 Å². The summed E-state index contributed by atoms with van der Waals surface area (Å²) >= 11 is 1.96. The zero-order chi connectivity index (χ0) is 7.80. The molecule has 3 atom stereocenters. The van der Waals surface area contributed by atoms with Crippen molar-refractivity contribution >= 4 is 11.5 Å². The molecule has 0 amide bonds. The summed E-state index contributed by atoms with van der Waals surface area (Å²) in [7, 11) is 2.18. The molecule has 11 heavy (non-hydrogen) atoms. The van der Waals surface area contributed by atoms with E-state index in [1.54, 1.807) is 10.6 Å². The Hall–Kier alpha value is -0.240. The molecule has 0 spiro atoms. The van der Waals surface area contributed by atoms with Crippen LogP contribution in [0, 0.1) is 11.8 Å². The second-order valence-electron chi connectivity index (χ2n) is 4.25. The van der Waals surface area contributed by atoms with Gasteiger partial charge in [-0.3, -0.25) is 0 Å². The first-order chi connectivity index (χ1) is 5.15. The molecule has 1 fully saturated rings. The molecule has 3 unspecified atom stereocenters. The average Bonchev–Trinajstić information content (AvgIpc) is 2.33. The van der Waals surface area contributed by atoms with E-state index in [0.717, 1.165) is 11.8 Å². The van der Waals surface area contributed by atoms with Crippen molar-refractivity contribution in [2.45, 2.75) is 25.7 Å². The SMILES string of the molecule is CC1C2Cc3c(sn3C)C12C. The predicted molar refractivity (Wildman–Crippen MR) is 47.0 cm³/mol. The van der Waals surface area contributed by atoms with E-state index in [-0.39, 0.29) is 0 Å². The molecule has 0 aromatic carbocycles. The molecule has 0 bridgehead atoms. The summed E-state index contributed by atoms with van der Waals surface area (Å²) in [5.74, 6) is 1.95. The molecule has 1 aromatic rings. The molecule has 1 heterocycles. The monoisotopic (exact) mass is 167 g/mol. The lowest BCUT2D eigenvalue weighted by Gasteiger charge is -2.18. The van der Waals surface area contributed by atoms with Crippen LogP contribution in [0.2, 0.25) is 0 Å². The van der Waals surface area contributed by atoms with E-state index < -0.39 is 0 Å². The normalized spacial score (nSPS) is 45.7. The third kappa shape index (κ3) is 0.460. The minimum Gasteiger partial charge on any atom is -0.304 e. The van der Waals surface area contributed by atoms with Crippen molar-refractivity contribution in [3.63, 3.8) is 0 Å². The van der Waals surface area contributed by atoms with E-state index in [9.17, 15) is 0 Å². The molecule has 2 aliphatic carbocycles. The Labute approximate surface area is 71.2 Å². The van der Waals surface area contributed by atoms with E-state index in [0.29, 0.717) is 5.41 Å². The Kier molecular flexibility index (Phi) is 0.827. The number of fused-ring (bicyclic) bond motifs is 3. The molecule has 0 N–H and O–H groups in total. The smallest absolute Gasteiger partial charge is 0.0486 e. The number of hydrogen-bond acceptors (Lipinski definition) is 1. The summed E-state index contributed by atoms with van der Waals surface area (Å²) in [5, 5.41) is 0. The highest BCUT2D eigenvalue weighted by Crippen LogP contribution is 2.68. The Morgan fingerprint density at radius 3 is 2.91 bits per heavy atom. The van der Waals surface area contributed by atoms with Crippen molar-refractivity contribution in [2.75, 3.05) is 0 Å². The maximum Gasteiger partial charge on any atom is 0.0486 e. The molecule has 0 radical (unpaired) electrons. The van der Waals surface area contributed by atoms with Crippen LogP contribution in [0.15, 0.2) is 0 Å². The lowest BCUT2D eigenvalue weighted by atomic mass is 10.1. The summed E-state index contributed by atoms with van der Waals surface area (Å²) in [6.45, 7) is 4.83. The van der Waals surface area contributed by atoms with Gasteiger partial charge in [0.2, 0.25) is 0 Å². The average molecular weight is 167 g/mol. The van der Waals surface area contributed by atoms with Crippen molar-refractivity contribution in [3.05, 3.63) is 10.6 Å². The van der Waals surface area contributed by atoms with Gasteiger partial charge < -0.3 is 3.96 Å². The third-order valence-electron chi connectivity index (χ3n) is 3.98. The molecule has 0 aliphatic heterocycles. The van der Waals surface area contributed by atoms with Gasteiger partial charge >= 0.3 is 0 Å². The first-order valence-electron chi connectivity index (χ1n) is 4.31. The highest BCUT2D eigenvalue weighted by molar-refractivity contribution is 7.08. The van der Waals surface area contributed by atoms with Gasteiger partial charge in [-0.1, -0.05) is 25.4 Å². The number of hydrogen-bond donors (Lipinski definition) is 0. The van der Waals surface area contributed by atoms with E-state index in [2.05, 4.69) is 24.9 Å². The fourth-order valence-electron chi connectivity index (χ4n) is 2.79. The number of aromatic nitrogens is 1. The largest absolute Gasteiger partial charge is 0.304 e. The molecule has 3 rings (SSSR count). The highest BCUT2D eigenvalue weighted by atomic mass is 32.1. The zero-order valence-corrected chi connectivity index (χ0v) is 8.03. The van der Waals surface area contributed by atoms with Crippen LogP contribution in [-0.4, -0.2) is 3.96 Å². The van der Waals surface area contributed by atoms with Crippen molar-refractivity contribution in [2.24, 2.45) is 18.9 Å². The fraction of sp³-hybridized carbons (Fsp3) is 0.778. The van der Waals surface area contributed by atoms with Gasteiger partial charge in [-0.2, -0.15) is 0 Å². The van der Waals surface area contributed by atoms with E-state index in [1.165, 1.54) is 6.42 Å². The quantitative estimate of drug-likeness (QED) is 0.558. The fourth-order valence-corrected chi connectivity index (χ4v) is 4.06. The Balaban J connectivity index is 2.12. The first-order valence-corrected chi connectivity index (χ1v) is 5.08. The van der Waals surface area contributed by atoms with Crippen LogP contribution in [0.4, 0.5) is 0 Å². The van der Waals surface area contributed by atoms with E-state index in [1.807, 2.05) is 11.5 Å². The molecule has 2 heteroatoms. The van der Waals surface area contributed by atoms with Crippen LogP contribution in [0.3, 0.4) is 0 Å². The van der Waals surface area contributed by atoms with Crippen LogP contribution < -0.4 is 0 Å². The van der Waals surface area contributed by atoms with Crippen LogP contribution >= 0.6 is 11.5 Å². The topological polar surface area (TPSA) is 4.93 Å². The van der Waals surface area contributed by atoms with E-state index >= 15 is 0 Å². The van der Waals surface area contributed by atoms with Gasteiger partial charge in [0.15, 0.2) is 0 Å². The lowest BCUT2D eigenvalue weighted by Crippen LogP contribution is -2.11. The van der Waals surface area contributed by atoms with Crippen LogP contribution in [-0.2, 0) is 18.9 Å². The molecule has 0 saturated heterocycles. The van der Waals surface area contributed by atoms with Crippen molar-refractivity contribution in [1.29, 1.82) is 0 Å². The molecule has 1 nitrogen and oxygen atoms in total. The summed E-state index contributed by atoms with van der Waals surface area (Å²) in [5.41, 5.74) is 2.26. The first kappa shape index (κ1) is 6.30. The maximum absolute atomic E-state index is 2.44. The van der Waals surface area contributed by atoms with Gasteiger partial charge in [-0.25, -0.2) is 0 Å². The molecule has 2 aliphatic rings. The summed E-state index contributed by atoms with van der Waals surface area (Å²) in [4.78, 5) is 1.71. The maximum atomic E-state index is 2.44. The Morgan fingerprint density at radius 1 is 1.64 bits per heavy atom. The number of rotatable bonds is 0. The highest BCUT2D eigenvalue weighted by Gasteiger charge is 2.65. The molecule has 1 aromatic heterocycles. The summed E-state index contributed by atoms with van der Waals surface area (Å²) < 4.78 is 2.33. The minimum absolute atomic E-state index is 0.618. The second kappa shape index (κ2) is 1.45. The van der Waals surface area contributed by atoms with Gasteiger partial charge in [-0.15, -0.1) is 0 Å². The summed E-state index contributed by atoms with van der Waals surface area (Å²) in [6, 6.07) is 0. The van der Waals surface area contributed by atoms with Crippen LogP contribution in [0.1, 0.15) is 24.4 Å². The molecule has 60 valence electrons. The van der Waals surface area contributed by atoms with Gasteiger partial charge in [-0.05, 0) is 18.3 Å². The summed E-state index contributed by atoms with van der Waals surface area (Å²) in [6.07, 6.45) is 1.36.